The summed E-state index contributed by atoms with van der Waals surface area (Å²) in [5.74, 6) is 0.359. The number of amides is 2. The number of nitrogens with zero attached hydrogens (tertiary/aromatic N) is 3. The Morgan fingerprint density at radius 1 is 1.41 bits per heavy atom. The van der Waals surface area contributed by atoms with Gasteiger partial charge in [-0.25, -0.2) is 9.48 Å². The highest BCUT2D eigenvalue weighted by Gasteiger charge is 2.42. The van der Waals surface area contributed by atoms with Gasteiger partial charge >= 0.3 is 6.03 Å². The summed E-state index contributed by atoms with van der Waals surface area (Å²) in [4.78, 5) is 12.1. The second kappa shape index (κ2) is 5.76. The van der Waals surface area contributed by atoms with Crippen LogP contribution in [0.4, 0.5) is 10.5 Å². The first-order chi connectivity index (χ1) is 10.6. The second-order valence-corrected chi connectivity index (χ2v) is 5.82. The van der Waals surface area contributed by atoms with Gasteiger partial charge in [0.1, 0.15) is 0 Å². The molecular formula is C15H19N5O2. The van der Waals surface area contributed by atoms with Crippen molar-refractivity contribution in [2.45, 2.75) is 25.3 Å². The van der Waals surface area contributed by atoms with Gasteiger partial charge in [-0.05, 0) is 49.9 Å². The highest BCUT2D eigenvalue weighted by atomic mass is 16.3. The molecule has 0 bridgehead atoms. The van der Waals surface area contributed by atoms with Crippen molar-refractivity contribution in [2.75, 3.05) is 11.9 Å². The Hall–Kier alpha value is -2.41. The molecule has 0 radical (unpaired) electrons. The number of rotatable bonds is 5. The summed E-state index contributed by atoms with van der Waals surface area (Å²) in [5, 5.41) is 22.8. The molecule has 3 N–H and O–H groups in total. The fourth-order valence-corrected chi connectivity index (χ4v) is 2.46. The summed E-state index contributed by atoms with van der Waals surface area (Å²) in [6, 6.07) is 6.97. The monoisotopic (exact) mass is 301 g/mol. The van der Waals surface area contributed by atoms with Crippen LogP contribution in [-0.4, -0.2) is 38.3 Å². The summed E-state index contributed by atoms with van der Waals surface area (Å²) in [6.45, 7) is 1.81. The maximum atomic E-state index is 12.1. The Kier molecular flexibility index (Phi) is 3.81. The molecule has 1 atom stereocenters. The lowest BCUT2D eigenvalue weighted by Crippen LogP contribution is -2.52. The van der Waals surface area contributed by atoms with E-state index in [2.05, 4.69) is 20.9 Å². The van der Waals surface area contributed by atoms with E-state index in [1.165, 1.54) is 0 Å². The van der Waals surface area contributed by atoms with Crippen molar-refractivity contribution in [3.8, 4) is 5.69 Å². The van der Waals surface area contributed by atoms with E-state index in [-0.39, 0.29) is 12.6 Å². The summed E-state index contributed by atoms with van der Waals surface area (Å²) >= 11 is 0. The topological polar surface area (TPSA) is 92.1 Å². The minimum atomic E-state index is -0.551. The number of benzene rings is 1. The number of urea groups is 1. The van der Waals surface area contributed by atoms with Crippen molar-refractivity contribution >= 4 is 11.7 Å². The molecule has 1 unspecified atom stereocenters. The van der Waals surface area contributed by atoms with Crippen LogP contribution in [0.1, 0.15) is 19.8 Å². The summed E-state index contributed by atoms with van der Waals surface area (Å²) in [6.07, 6.45) is 5.44. The zero-order valence-electron chi connectivity index (χ0n) is 12.4. The maximum absolute atomic E-state index is 12.1. The normalized spacial score (nSPS) is 16.8. The van der Waals surface area contributed by atoms with Crippen LogP contribution in [0.3, 0.4) is 0 Å². The average molecular weight is 301 g/mol. The van der Waals surface area contributed by atoms with Crippen LogP contribution in [0.2, 0.25) is 0 Å². The van der Waals surface area contributed by atoms with Gasteiger partial charge in [-0.15, -0.1) is 5.10 Å². The minimum absolute atomic E-state index is 0.0592. The van der Waals surface area contributed by atoms with Gasteiger partial charge in [-0.2, -0.15) is 0 Å². The zero-order chi connectivity index (χ0) is 15.6. The third-order valence-corrected chi connectivity index (χ3v) is 4.02. The van der Waals surface area contributed by atoms with Gasteiger partial charge in [0.25, 0.3) is 0 Å². The van der Waals surface area contributed by atoms with Gasteiger partial charge in [-0.3, -0.25) is 0 Å². The molecule has 1 heterocycles. The number of hydrogen-bond acceptors (Lipinski definition) is 4. The molecule has 2 aromatic rings. The van der Waals surface area contributed by atoms with Crippen LogP contribution in [-0.2, 0) is 0 Å². The fourth-order valence-electron chi connectivity index (χ4n) is 2.46. The third kappa shape index (κ3) is 3.09. The molecule has 2 amide bonds. The minimum Gasteiger partial charge on any atom is -0.394 e. The number of anilines is 1. The summed E-state index contributed by atoms with van der Waals surface area (Å²) in [7, 11) is 0. The van der Waals surface area contributed by atoms with Crippen LogP contribution >= 0.6 is 0 Å². The molecule has 7 nitrogen and oxygen atoms in total. The van der Waals surface area contributed by atoms with Gasteiger partial charge in [0.15, 0.2) is 0 Å². The smallest absolute Gasteiger partial charge is 0.319 e. The molecule has 0 saturated heterocycles. The molecule has 1 fully saturated rings. The molecule has 0 aliphatic heterocycles. The highest BCUT2D eigenvalue weighted by molar-refractivity contribution is 5.89. The number of carbonyl (C=O) groups excluding carboxylic acids is 1. The quantitative estimate of drug-likeness (QED) is 0.781. The first kappa shape index (κ1) is 14.5. The summed E-state index contributed by atoms with van der Waals surface area (Å²) in [5.41, 5.74) is 0.990. The van der Waals surface area contributed by atoms with Crippen LogP contribution in [0.25, 0.3) is 5.69 Å². The number of nitrogens with one attached hydrogen (secondary N) is 2. The van der Waals surface area contributed by atoms with E-state index < -0.39 is 5.54 Å². The molecule has 0 spiro atoms. The van der Waals surface area contributed by atoms with Gasteiger partial charge < -0.3 is 15.7 Å². The molecule has 22 heavy (non-hydrogen) atoms. The van der Waals surface area contributed by atoms with Crippen LogP contribution in [0, 0.1) is 5.92 Å². The lowest BCUT2D eigenvalue weighted by Gasteiger charge is -2.28. The Balaban J connectivity index is 1.62. The first-order valence-electron chi connectivity index (χ1n) is 7.27. The van der Waals surface area contributed by atoms with Crippen molar-refractivity contribution in [1.82, 2.24) is 20.3 Å². The first-order valence-corrected chi connectivity index (χ1v) is 7.27. The SMILES string of the molecule is CC(CO)(NC(=O)Nc1ccc(-n2ccnn2)cc1)C1CC1. The molecule has 1 saturated carbocycles. The number of hydrogen-bond donors (Lipinski definition) is 3. The van der Waals surface area contributed by atoms with E-state index in [1.54, 1.807) is 29.2 Å². The maximum Gasteiger partial charge on any atom is 0.319 e. The average Bonchev–Trinajstić information content (AvgIpc) is 3.24. The van der Waals surface area contributed by atoms with E-state index in [4.69, 9.17) is 0 Å². The van der Waals surface area contributed by atoms with Crippen molar-refractivity contribution in [3.05, 3.63) is 36.7 Å². The molecule has 7 heteroatoms. The largest absolute Gasteiger partial charge is 0.394 e. The van der Waals surface area contributed by atoms with Crippen LogP contribution < -0.4 is 10.6 Å². The molecule has 1 aliphatic rings. The second-order valence-electron chi connectivity index (χ2n) is 5.82. The van der Waals surface area contributed by atoms with E-state index in [0.717, 1.165) is 18.5 Å². The predicted octanol–water partition coefficient (Wildman–Crippen LogP) is 1.55. The third-order valence-electron chi connectivity index (χ3n) is 4.02. The van der Waals surface area contributed by atoms with Gasteiger partial charge in [0.05, 0.1) is 30.2 Å². The lowest BCUT2D eigenvalue weighted by molar-refractivity contribution is 0.159. The predicted molar refractivity (Wildman–Crippen MR) is 81.7 cm³/mol. The Morgan fingerprint density at radius 3 is 2.68 bits per heavy atom. The van der Waals surface area contributed by atoms with Crippen molar-refractivity contribution in [2.24, 2.45) is 5.92 Å². The van der Waals surface area contributed by atoms with E-state index in [0.29, 0.717) is 11.6 Å². The molecular weight excluding hydrogens is 282 g/mol. The van der Waals surface area contributed by atoms with Crippen molar-refractivity contribution < 1.29 is 9.90 Å². The van der Waals surface area contributed by atoms with Crippen molar-refractivity contribution in [1.29, 1.82) is 0 Å². The molecule has 1 aromatic carbocycles. The number of carbonyl (C=O) groups is 1. The van der Waals surface area contributed by atoms with Crippen LogP contribution in [0.5, 0.6) is 0 Å². The molecule has 3 rings (SSSR count). The Morgan fingerprint density at radius 2 is 2.14 bits per heavy atom. The van der Waals surface area contributed by atoms with Gasteiger partial charge in [-0.1, -0.05) is 5.21 Å². The number of aliphatic hydroxyl groups is 1. The standard InChI is InChI=1S/C15H19N5O2/c1-15(10-21,11-2-3-11)18-14(22)17-12-4-6-13(7-5-12)20-9-8-16-19-20/h4-9,11,21H,2-3,10H2,1H3,(H2,17,18,22). The Labute approximate surface area is 128 Å². The zero-order valence-corrected chi connectivity index (χ0v) is 12.4. The summed E-state index contributed by atoms with van der Waals surface area (Å²) < 4.78 is 1.64. The Bertz CT molecular complexity index is 636. The van der Waals surface area contributed by atoms with Gasteiger partial charge in [0.2, 0.25) is 0 Å². The van der Waals surface area contributed by atoms with Crippen LogP contribution in [0.15, 0.2) is 36.7 Å². The fraction of sp³-hybridized carbons (Fsp3) is 0.400. The lowest BCUT2D eigenvalue weighted by atomic mass is 9.97. The molecule has 116 valence electrons. The highest BCUT2D eigenvalue weighted by Crippen LogP contribution is 2.39. The molecule has 1 aromatic heterocycles. The number of aromatic nitrogens is 3. The van der Waals surface area contributed by atoms with E-state index in [9.17, 15) is 9.90 Å². The van der Waals surface area contributed by atoms with Gasteiger partial charge in [0, 0.05) is 5.69 Å². The molecule has 1 aliphatic carbocycles. The number of aliphatic hydroxyl groups excluding tert-OH is 1. The van der Waals surface area contributed by atoms with E-state index in [1.807, 2.05) is 19.1 Å². The van der Waals surface area contributed by atoms with Crippen molar-refractivity contribution in [3.63, 3.8) is 0 Å². The van der Waals surface area contributed by atoms with E-state index >= 15 is 0 Å².